The minimum atomic E-state index is -0.380. The van der Waals surface area contributed by atoms with Gasteiger partial charge in [-0.1, -0.05) is 0 Å². The molecule has 2 aromatic heterocycles. The van der Waals surface area contributed by atoms with E-state index in [2.05, 4.69) is 20.6 Å². The smallest absolute Gasteiger partial charge is 0.280 e. The van der Waals surface area contributed by atoms with Gasteiger partial charge in [0.1, 0.15) is 5.82 Å². The summed E-state index contributed by atoms with van der Waals surface area (Å²) in [7, 11) is 0. The van der Waals surface area contributed by atoms with Crippen molar-refractivity contribution in [2.45, 2.75) is 37.4 Å². The molecule has 0 spiro atoms. The second-order valence-electron chi connectivity index (χ2n) is 5.75. The van der Waals surface area contributed by atoms with Crippen molar-refractivity contribution in [2.24, 2.45) is 0 Å². The number of fused-ring (bicyclic) bond motifs is 2. The molecule has 7 heteroatoms. The van der Waals surface area contributed by atoms with Crippen LogP contribution in [0.1, 0.15) is 29.1 Å². The molecule has 3 atom stereocenters. The van der Waals surface area contributed by atoms with Crippen LogP contribution < -0.4 is 10.6 Å². The fourth-order valence-corrected chi connectivity index (χ4v) is 4.03. The molecule has 114 valence electrons. The van der Waals surface area contributed by atoms with Gasteiger partial charge in [-0.2, -0.15) is 0 Å². The van der Waals surface area contributed by atoms with E-state index >= 15 is 0 Å². The molecule has 5 nitrogen and oxygen atoms in total. The lowest BCUT2D eigenvalue weighted by atomic mass is 9.95. The molecule has 0 saturated carbocycles. The van der Waals surface area contributed by atoms with Crippen molar-refractivity contribution >= 4 is 17.2 Å². The fourth-order valence-electron chi connectivity index (χ4n) is 3.23. The summed E-state index contributed by atoms with van der Waals surface area (Å²) in [6, 6.07) is 4.08. The van der Waals surface area contributed by atoms with Crippen LogP contribution in [0.2, 0.25) is 0 Å². The first-order chi connectivity index (χ1) is 10.7. The molecule has 2 aliphatic heterocycles. The highest BCUT2D eigenvalue weighted by Crippen LogP contribution is 2.29. The number of aromatic nitrogens is 2. The van der Waals surface area contributed by atoms with E-state index in [-0.39, 0.29) is 17.8 Å². The highest BCUT2D eigenvalue weighted by molar-refractivity contribution is 7.16. The molecular weight excluding hydrogens is 303 g/mol. The summed E-state index contributed by atoms with van der Waals surface area (Å²) in [6.45, 7) is 0. The molecule has 2 bridgehead atoms. The summed E-state index contributed by atoms with van der Waals surface area (Å²) < 4.78 is 12.9. The first-order valence-electron chi connectivity index (χ1n) is 7.34. The summed E-state index contributed by atoms with van der Waals surface area (Å²) in [5.41, 5.74) is 0.625. The summed E-state index contributed by atoms with van der Waals surface area (Å²) in [6.07, 6.45) is 6.09. The van der Waals surface area contributed by atoms with Crippen molar-refractivity contribution in [1.29, 1.82) is 0 Å². The van der Waals surface area contributed by atoms with Crippen molar-refractivity contribution in [3.63, 3.8) is 0 Å². The van der Waals surface area contributed by atoms with Gasteiger partial charge in [-0.15, -0.1) is 11.3 Å². The number of nitrogens with one attached hydrogen (secondary N) is 2. The predicted molar refractivity (Wildman–Crippen MR) is 81.1 cm³/mol. The Morgan fingerprint density at radius 3 is 2.91 bits per heavy atom. The number of hydrogen-bond acceptors (Lipinski definition) is 5. The third-order valence-corrected chi connectivity index (χ3v) is 5.31. The molecule has 1 amide bonds. The van der Waals surface area contributed by atoms with Gasteiger partial charge in [0.2, 0.25) is 0 Å². The Morgan fingerprint density at radius 2 is 2.23 bits per heavy atom. The molecule has 0 unspecified atom stereocenters. The van der Waals surface area contributed by atoms with Crippen LogP contribution in [-0.2, 0) is 0 Å². The van der Waals surface area contributed by atoms with Crippen molar-refractivity contribution in [2.75, 3.05) is 0 Å². The van der Waals surface area contributed by atoms with E-state index in [1.165, 1.54) is 23.8 Å². The number of halogens is 1. The summed E-state index contributed by atoms with van der Waals surface area (Å²) in [4.78, 5) is 21.2. The molecule has 2 aliphatic rings. The van der Waals surface area contributed by atoms with Crippen molar-refractivity contribution in [3.05, 3.63) is 35.4 Å². The Morgan fingerprint density at radius 1 is 1.32 bits per heavy atom. The zero-order valence-corrected chi connectivity index (χ0v) is 12.6. The molecule has 0 aromatic carbocycles. The highest BCUT2D eigenvalue weighted by atomic mass is 32.1. The Kier molecular flexibility index (Phi) is 3.38. The maximum atomic E-state index is 12.9. The summed E-state index contributed by atoms with van der Waals surface area (Å²) >= 11 is 1.27. The van der Waals surface area contributed by atoms with Crippen LogP contribution in [0.15, 0.2) is 24.5 Å². The molecule has 2 aromatic rings. The van der Waals surface area contributed by atoms with Crippen LogP contribution in [0.25, 0.3) is 10.6 Å². The van der Waals surface area contributed by atoms with Gasteiger partial charge in [0.15, 0.2) is 5.01 Å². The van der Waals surface area contributed by atoms with Gasteiger partial charge in [-0.05, 0) is 31.4 Å². The predicted octanol–water partition coefficient (Wildman–Crippen LogP) is 1.97. The zero-order valence-electron chi connectivity index (χ0n) is 11.8. The van der Waals surface area contributed by atoms with Gasteiger partial charge in [0.05, 0.1) is 16.8 Å². The Labute approximate surface area is 131 Å². The lowest BCUT2D eigenvalue weighted by Gasteiger charge is -2.20. The molecule has 4 rings (SSSR count). The van der Waals surface area contributed by atoms with Gasteiger partial charge in [-0.3, -0.25) is 9.78 Å². The molecule has 22 heavy (non-hydrogen) atoms. The topological polar surface area (TPSA) is 66.9 Å². The molecule has 4 heterocycles. The second-order valence-corrected chi connectivity index (χ2v) is 6.79. The van der Waals surface area contributed by atoms with Gasteiger partial charge in [0, 0.05) is 24.3 Å². The lowest BCUT2D eigenvalue weighted by Crippen LogP contribution is -2.42. The van der Waals surface area contributed by atoms with Crippen LogP contribution in [-0.4, -0.2) is 34.0 Å². The number of hydrogen-bond donors (Lipinski definition) is 2. The minimum absolute atomic E-state index is 0.141. The molecular formula is C15H15FN4OS. The van der Waals surface area contributed by atoms with E-state index in [0.717, 1.165) is 23.9 Å². The summed E-state index contributed by atoms with van der Waals surface area (Å²) in [5.74, 6) is -0.521. The van der Waals surface area contributed by atoms with Gasteiger partial charge in [0.25, 0.3) is 5.91 Å². The Bertz CT molecular complexity index is 702. The van der Waals surface area contributed by atoms with Crippen molar-refractivity contribution in [1.82, 2.24) is 20.6 Å². The van der Waals surface area contributed by atoms with E-state index in [1.54, 1.807) is 12.3 Å². The van der Waals surface area contributed by atoms with Gasteiger partial charge >= 0.3 is 0 Å². The zero-order chi connectivity index (χ0) is 15.1. The minimum Gasteiger partial charge on any atom is -0.346 e. The number of carbonyl (C=O) groups is 1. The number of thiazole rings is 1. The number of nitrogens with zero attached hydrogens (tertiary/aromatic N) is 2. The van der Waals surface area contributed by atoms with Crippen LogP contribution in [0.4, 0.5) is 4.39 Å². The normalized spacial score (nSPS) is 26.3. The molecule has 0 radical (unpaired) electrons. The lowest BCUT2D eigenvalue weighted by molar-refractivity contribution is 0.0930. The number of pyridine rings is 1. The monoisotopic (exact) mass is 318 g/mol. The first kappa shape index (κ1) is 13.8. The average Bonchev–Trinajstić information content (AvgIpc) is 3.24. The van der Waals surface area contributed by atoms with Crippen molar-refractivity contribution < 1.29 is 9.18 Å². The van der Waals surface area contributed by atoms with Gasteiger partial charge in [-0.25, -0.2) is 9.37 Å². The van der Waals surface area contributed by atoms with Crippen LogP contribution in [0.5, 0.6) is 0 Å². The SMILES string of the molecule is O=C(N[C@@H]1C[C@H]2CC[C@@H]1N2)c1ncc(-c2ccc(F)cn2)s1. The van der Waals surface area contributed by atoms with E-state index in [9.17, 15) is 9.18 Å². The van der Waals surface area contributed by atoms with E-state index < -0.39 is 0 Å². The molecule has 2 saturated heterocycles. The maximum absolute atomic E-state index is 12.9. The number of rotatable bonds is 3. The standard InChI is InChI=1S/C15H15FN4OS/c16-8-1-3-11(17-6-8)13-7-18-15(22-13)14(21)20-12-5-9-2-4-10(12)19-9/h1,3,6-7,9-10,12,19H,2,4-5H2,(H,20,21)/t9-,10+,12-/m1/s1. The Hall–Kier alpha value is -1.86. The average molecular weight is 318 g/mol. The van der Waals surface area contributed by atoms with Crippen molar-refractivity contribution in [3.8, 4) is 10.6 Å². The first-order valence-corrected chi connectivity index (χ1v) is 8.15. The highest BCUT2D eigenvalue weighted by Gasteiger charge is 2.39. The van der Waals surface area contributed by atoms with E-state index in [0.29, 0.717) is 22.8 Å². The number of carbonyl (C=O) groups excluding carboxylic acids is 1. The molecule has 0 aliphatic carbocycles. The fraction of sp³-hybridized carbons (Fsp3) is 0.400. The Balaban J connectivity index is 1.46. The largest absolute Gasteiger partial charge is 0.346 e. The maximum Gasteiger partial charge on any atom is 0.280 e. The van der Waals surface area contributed by atoms with Crippen LogP contribution in [0, 0.1) is 5.82 Å². The van der Waals surface area contributed by atoms with Crippen LogP contribution >= 0.6 is 11.3 Å². The third-order valence-electron chi connectivity index (χ3n) is 4.30. The second kappa shape index (κ2) is 5.40. The third kappa shape index (κ3) is 2.50. The van der Waals surface area contributed by atoms with E-state index in [1.807, 2.05) is 0 Å². The van der Waals surface area contributed by atoms with Gasteiger partial charge < -0.3 is 10.6 Å². The molecule has 2 N–H and O–H groups in total. The molecule has 2 fully saturated rings. The number of amides is 1. The van der Waals surface area contributed by atoms with E-state index in [4.69, 9.17) is 0 Å². The summed E-state index contributed by atoms with van der Waals surface area (Å²) in [5, 5.41) is 6.98. The quantitative estimate of drug-likeness (QED) is 0.908. The van der Waals surface area contributed by atoms with Crippen LogP contribution in [0.3, 0.4) is 0 Å².